The van der Waals surface area contributed by atoms with Gasteiger partial charge in [-0.05, 0) is 19.8 Å². The summed E-state index contributed by atoms with van der Waals surface area (Å²) < 4.78 is 5.31. The van der Waals surface area contributed by atoms with Gasteiger partial charge < -0.3 is 25.4 Å². The number of carbonyl (C=O) groups is 2. The number of nitrogens with two attached hydrogens (primary N) is 1. The molecule has 8 nitrogen and oxygen atoms in total. The zero-order chi connectivity index (χ0) is 18.0. The largest absolute Gasteiger partial charge is 0.391 e. The Morgan fingerprint density at radius 3 is 2.48 bits per heavy atom. The fourth-order valence-corrected chi connectivity index (χ4v) is 4.98. The van der Waals surface area contributed by atoms with Gasteiger partial charge in [0.1, 0.15) is 6.04 Å². The molecule has 3 heterocycles. The second kappa shape index (κ2) is 7.79. The van der Waals surface area contributed by atoms with Crippen LogP contribution in [0.15, 0.2) is 0 Å². The normalized spacial score (nSPS) is 28.8. The molecule has 2 amide bonds. The van der Waals surface area contributed by atoms with E-state index in [0.717, 1.165) is 18.6 Å². The maximum Gasteiger partial charge on any atom is 0.242 e. The van der Waals surface area contributed by atoms with E-state index in [1.807, 2.05) is 4.90 Å². The molecule has 3 atom stereocenters. The van der Waals surface area contributed by atoms with E-state index in [1.54, 1.807) is 16.7 Å². The van der Waals surface area contributed by atoms with Crippen molar-refractivity contribution in [2.24, 2.45) is 5.73 Å². The first-order valence-corrected chi connectivity index (χ1v) is 9.91. The van der Waals surface area contributed by atoms with Crippen molar-refractivity contribution >= 4 is 23.6 Å². The van der Waals surface area contributed by atoms with E-state index in [9.17, 15) is 14.7 Å². The molecule has 4 N–H and O–H groups in total. The number of amides is 2. The van der Waals surface area contributed by atoms with E-state index in [-0.39, 0.29) is 22.7 Å². The molecule has 25 heavy (non-hydrogen) atoms. The standard InChI is InChI=1S/C16H28N4O4S/c1-11(21)13(17)15(23)19-4-2-16(3-5-19)18-12(10-25-16)14(22)20-6-8-24-9-7-20/h11-13,18,21H,2-10,17H2,1H3/t11-,12+,13+/m1/s1. The zero-order valence-electron chi connectivity index (χ0n) is 14.6. The quantitative estimate of drug-likeness (QED) is 0.558. The summed E-state index contributed by atoms with van der Waals surface area (Å²) >= 11 is 1.79. The summed E-state index contributed by atoms with van der Waals surface area (Å²) in [5, 5.41) is 13.0. The van der Waals surface area contributed by atoms with Gasteiger partial charge in [0.25, 0.3) is 0 Å². The number of rotatable bonds is 3. The minimum Gasteiger partial charge on any atom is -0.391 e. The Hall–Kier alpha value is -0.870. The van der Waals surface area contributed by atoms with E-state index in [4.69, 9.17) is 10.5 Å². The van der Waals surface area contributed by atoms with Crippen molar-refractivity contribution in [3.8, 4) is 0 Å². The Morgan fingerprint density at radius 1 is 1.24 bits per heavy atom. The lowest BCUT2D eigenvalue weighted by molar-refractivity contribution is -0.138. The molecule has 0 saturated carbocycles. The van der Waals surface area contributed by atoms with Crippen LogP contribution in [0.2, 0.25) is 0 Å². The first-order chi connectivity index (χ1) is 11.9. The monoisotopic (exact) mass is 372 g/mol. The predicted octanol–water partition coefficient (Wildman–Crippen LogP) is -1.42. The number of likely N-dealkylation sites (tertiary alicyclic amines) is 1. The Labute approximate surface area is 152 Å². The van der Waals surface area contributed by atoms with Gasteiger partial charge in [0, 0.05) is 31.9 Å². The number of carbonyl (C=O) groups excluding carboxylic acids is 2. The Bertz CT molecular complexity index is 504. The van der Waals surface area contributed by atoms with E-state index < -0.39 is 12.1 Å². The molecule has 0 radical (unpaired) electrons. The highest BCUT2D eigenvalue weighted by atomic mass is 32.2. The van der Waals surface area contributed by atoms with Gasteiger partial charge in [0.15, 0.2) is 0 Å². The van der Waals surface area contributed by atoms with Gasteiger partial charge in [-0.3, -0.25) is 14.9 Å². The summed E-state index contributed by atoms with van der Waals surface area (Å²) in [6.45, 7) is 5.26. The van der Waals surface area contributed by atoms with Crippen molar-refractivity contribution in [2.75, 3.05) is 45.1 Å². The van der Waals surface area contributed by atoms with Gasteiger partial charge in [0.2, 0.25) is 11.8 Å². The molecule has 0 aromatic carbocycles. The summed E-state index contributed by atoms with van der Waals surface area (Å²) in [6, 6.07) is -1.03. The maximum absolute atomic E-state index is 12.6. The fraction of sp³-hybridized carbons (Fsp3) is 0.875. The van der Waals surface area contributed by atoms with Crippen LogP contribution in [-0.4, -0.2) is 94.9 Å². The van der Waals surface area contributed by atoms with Gasteiger partial charge in [-0.25, -0.2) is 0 Å². The van der Waals surface area contributed by atoms with Crippen LogP contribution in [0.25, 0.3) is 0 Å². The highest BCUT2D eigenvalue weighted by Crippen LogP contribution is 2.39. The van der Waals surface area contributed by atoms with Crippen LogP contribution in [0, 0.1) is 0 Å². The number of piperidine rings is 1. The maximum atomic E-state index is 12.6. The number of hydrogen-bond acceptors (Lipinski definition) is 7. The third-order valence-corrected chi connectivity index (χ3v) is 6.85. The molecular formula is C16H28N4O4S. The minimum atomic E-state index is -0.867. The smallest absolute Gasteiger partial charge is 0.242 e. The third kappa shape index (κ3) is 4.11. The lowest BCUT2D eigenvalue weighted by Gasteiger charge is -2.40. The topological polar surface area (TPSA) is 108 Å². The number of thioether (sulfide) groups is 1. The van der Waals surface area contributed by atoms with Gasteiger partial charge in [-0.1, -0.05) is 0 Å². The van der Waals surface area contributed by atoms with Crippen molar-refractivity contribution in [2.45, 2.75) is 42.8 Å². The molecule has 3 fully saturated rings. The molecule has 0 aliphatic carbocycles. The average Bonchev–Trinajstić information content (AvgIpc) is 3.04. The summed E-state index contributed by atoms with van der Waals surface area (Å²) in [4.78, 5) is 28.4. The lowest BCUT2D eigenvalue weighted by atomic mass is 10.0. The molecule has 0 aromatic heterocycles. The molecule has 0 bridgehead atoms. The molecule has 3 aliphatic rings. The van der Waals surface area contributed by atoms with Gasteiger partial charge in [0.05, 0.1) is 30.2 Å². The molecule has 3 rings (SSSR count). The Kier molecular flexibility index (Phi) is 5.89. The van der Waals surface area contributed by atoms with Crippen molar-refractivity contribution in [3.63, 3.8) is 0 Å². The second-order valence-corrected chi connectivity index (χ2v) is 8.44. The minimum absolute atomic E-state index is 0.141. The number of hydrogen-bond donors (Lipinski definition) is 3. The number of nitrogens with one attached hydrogen (secondary N) is 1. The van der Waals surface area contributed by atoms with Crippen molar-refractivity contribution in [1.29, 1.82) is 0 Å². The number of aliphatic hydroxyl groups is 1. The average molecular weight is 372 g/mol. The molecule has 0 unspecified atom stereocenters. The number of ether oxygens (including phenoxy) is 1. The van der Waals surface area contributed by atoms with E-state index in [2.05, 4.69) is 5.32 Å². The SMILES string of the molecule is C[C@@H](O)[C@H](N)C(=O)N1CCC2(CC1)N[C@H](C(=O)N1CCOCC1)CS2. The first-order valence-electron chi connectivity index (χ1n) is 8.92. The number of nitrogens with zero attached hydrogens (tertiary/aromatic N) is 2. The summed E-state index contributed by atoms with van der Waals surface area (Å²) in [7, 11) is 0. The van der Waals surface area contributed by atoms with Crippen LogP contribution in [0.4, 0.5) is 0 Å². The Morgan fingerprint density at radius 2 is 1.88 bits per heavy atom. The van der Waals surface area contributed by atoms with Crippen LogP contribution >= 0.6 is 11.8 Å². The van der Waals surface area contributed by atoms with Gasteiger partial charge >= 0.3 is 0 Å². The van der Waals surface area contributed by atoms with Crippen LogP contribution in [0.5, 0.6) is 0 Å². The van der Waals surface area contributed by atoms with E-state index in [1.165, 1.54) is 6.92 Å². The van der Waals surface area contributed by atoms with Crippen LogP contribution < -0.4 is 11.1 Å². The molecular weight excluding hydrogens is 344 g/mol. The highest BCUT2D eigenvalue weighted by molar-refractivity contribution is 8.01. The van der Waals surface area contributed by atoms with Crippen molar-refractivity contribution in [3.05, 3.63) is 0 Å². The van der Waals surface area contributed by atoms with Crippen LogP contribution in [0.3, 0.4) is 0 Å². The number of aliphatic hydroxyl groups excluding tert-OH is 1. The van der Waals surface area contributed by atoms with Crippen LogP contribution in [-0.2, 0) is 14.3 Å². The number of morpholine rings is 1. The zero-order valence-corrected chi connectivity index (χ0v) is 15.5. The van der Waals surface area contributed by atoms with Gasteiger partial charge in [-0.2, -0.15) is 0 Å². The van der Waals surface area contributed by atoms with Crippen molar-refractivity contribution < 1.29 is 19.4 Å². The summed E-state index contributed by atoms with van der Waals surface area (Å²) in [5.41, 5.74) is 5.76. The molecule has 142 valence electrons. The van der Waals surface area contributed by atoms with E-state index in [0.29, 0.717) is 39.4 Å². The lowest BCUT2D eigenvalue weighted by Crippen LogP contribution is -2.58. The van der Waals surface area contributed by atoms with E-state index >= 15 is 0 Å². The molecule has 0 aromatic rings. The summed E-state index contributed by atoms with van der Waals surface area (Å²) in [5.74, 6) is 0.716. The Balaban J connectivity index is 1.52. The fourth-order valence-electron chi connectivity index (χ4n) is 3.58. The summed E-state index contributed by atoms with van der Waals surface area (Å²) in [6.07, 6.45) is 0.712. The molecule has 3 saturated heterocycles. The predicted molar refractivity (Wildman–Crippen MR) is 95.0 cm³/mol. The highest BCUT2D eigenvalue weighted by Gasteiger charge is 2.45. The third-order valence-electron chi connectivity index (χ3n) is 5.27. The second-order valence-electron chi connectivity index (χ2n) is 7.03. The molecule has 3 aliphatic heterocycles. The van der Waals surface area contributed by atoms with Crippen LogP contribution in [0.1, 0.15) is 19.8 Å². The van der Waals surface area contributed by atoms with Gasteiger partial charge in [-0.15, -0.1) is 11.8 Å². The molecule has 9 heteroatoms. The first kappa shape index (κ1) is 18.9. The van der Waals surface area contributed by atoms with Crippen molar-refractivity contribution in [1.82, 2.24) is 15.1 Å². The molecule has 1 spiro atoms.